The number of β-amino-alcohol motifs (C(OH)–C–C–N with tert-alkyl or cyclic N) is 1. The van der Waals surface area contributed by atoms with E-state index in [1.165, 1.54) is 0 Å². The number of aliphatic hydroxyl groups excluding tert-OH is 1. The van der Waals surface area contributed by atoms with Gasteiger partial charge in [-0.05, 0) is 43.4 Å². The minimum atomic E-state index is -1.23. The lowest BCUT2D eigenvalue weighted by Gasteiger charge is -2.40. The number of rotatable bonds is 4. The summed E-state index contributed by atoms with van der Waals surface area (Å²) in [6, 6.07) is 7.84. The van der Waals surface area contributed by atoms with Crippen LogP contribution in [0.3, 0.4) is 0 Å². The zero-order chi connectivity index (χ0) is 16.3. The van der Waals surface area contributed by atoms with E-state index in [0.29, 0.717) is 13.0 Å². The quantitative estimate of drug-likeness (QED) is 0.873. The first-order chi connectivity index (χ1) is 11.1. The number of piperidine rings is 1. The molecule has 3 rings (SSSR count). The lowest BCUT2D eigenvalue weighted by atomic mass is 9.91. The Labute approximate surface area is 137 Å². The van der Waals surface area contributed by atoms with Gasteiger partial charge in [0.15, 0.2) is 5.60 Å². The van der Waals surface area contributed by atoms with Crippen molar-refractivity contribution in [2.75, 3.05) is 26.2 Å². The van der Waals surface area contributed by atoms with Crippen LogP contribution in [0.2, 0.25) is 0 Å². The van der Waals surface area contributed by atoms with Crippen LogP contribution in [0.25, 0.3) is 0 Å². The van der Waals surface area contributed by atoms with Gasteiger partial charge in [0, 0.05) is 26.2 Å². The maximum absolute atomic E-state index is 12.6. The zero-order valence-electron chi connectivity index (χ0n) is 13.6. The van der Waals surface area contributed by atoms with E-state index in [2.05, 4.69) is 4.90 Å². The van der Waals surface area contributed by atoms with E-state index >= 15 is 0 Å². The Morgan fingerprint density at radius 2 is 1.70 bits per heavy atom. The third-order valence-electron chi connectivity index (χ3n) is 4.95. The van der Waals surface area contributed by atoms with Gasteiger partial charge in [0.25, 0.3) is 5.91 Å². The standard InChI is InChI=1S/C18H26N2O3/c21-13-16-6-4-15(5-7-16)12-19-9-3-8-18(23,14-19)17(22)20-10-1-2-11-20/h4-7,21,23H,1-3,8-14H2. The summed E-state index contributed by atoms with van der Waals surface area (Å²) in [6.07, 6.45) is 3.48. The van der Waals surface area contributed by atoms with Gasteiger partial charge in [-0.2, -0.15) is 0 Å². The summed E-state index contributed by atoms with van der Waals surface area (Å²) in [5.74, 6) is -0.0877. The molecule has 1 unspecified atom stereocenters. The molecule has 0 aliphatic carbocycles. The maximum atomic E-state index is 12.6. The summed E-state index contributed by atoms with van der Waals surface area (Å²) in [5, 5.41) is 20.0. The second kappa shape index (κ2) is 6.99. The molecule has 0 spiro atoms. The van der Waals surface area contributed by atoms with E-state index in [4.69, 9.17) is 5.11 Å². The smallest absolute Gasteiger partial charge is 0.255 e. The molecular formula is C18H26N2O3. The minimum absolute atomic E-state index is 0.0497. The Morgan fingerprint density at radius 3 is 2.35 bits per heavy atom. The van der Waals surface area contributed by atoms with Crippen LogP contribution in [0, 0.1) is 0 Å². The molecule has 126 valence electrons. The summed E-state index contributed by atoms with van der Waals surface area (Å²) >= 11 is 0. The van der Waals surface area contributed by atoms with Crippen molar-refractivity contribution in [3.8, 4) is 0 Å². The number of benzene rings is 1. The van der Waals surface area contributed by atoms with Crippen LogP contribution in [0.1, 0.15) is 36.8 Å². The number of amides is 1. The van der Waals surface area contributed by atoms with Gasteiger partial charge < -0.3 is 15.1 Å². The Bertz CT molecular complexity index is 540. The van der Waals surface area contributed by atoms with Gasteiger partial charge in [0.1, 0.15) is 0 Å². The summed E-state index contributed by atoms with van der Waals surface area (Å²) in [6.45, 7) is 3.64. The van der Waals surface area contributed by atoms with E-state index in [1.54, 1.807) is 0 Å². The molecule has 2 fully saturated rings. The van der Waals surface area contributed by atoms with Crippen LogP contribution >= 0.6 is 0 Å². The van der Waals surface area contributed by atoms with E-state index in [-0.39, 0.29) is 12.5 Å². The first-order valence-electron chi connectivity index (χ1n) is 8.53. The molecule has 5 nitrogen and oxygen atoms in total. The Hall–Kier alpha value is -1.43. The maximum Gasteiger partial charge on any atom is 0.255 e. The Morgan fingerprint density at radius 1 is 1.04 bits per heavy atom. The third kappa shape index (κ3) is 3.74. The summed E-state index contributed by atoms with van der Waals surface area (Å²) in [5.41, 5.74) is 0.807. The molecule has 5 heteroatoms. The highest BCUT2D eigenvalue weighted by molar-refractivity contribution is 5.85. The van der Waals surface area contributed by atoms with Crippen LogP contribution < -0.4 is 0 Å². The molecule has 23 heavy (non-hydrogen) atoms. The average Bonchev–Trinajstić information content (AvgIpc) is 3.09. The molecule has 1 atom stereocenters. The number of nitrogens with zero attached hydrogens (tertiary/aromatic N) is 2. The number of carbonyl (C=O) groups excluding carboxylic acids is 1. The fourth-order valence-electron chi connectivity index (χ4n) is 3.66. The molecule has 1 amide bonds. The highest BCUT2D eigenvalue weighted by atomic mass is 16.3. The molecular weight excluding hydrogens is 292 g/mol. The van der Waals surface area contributed by atoms with Crippen molar-refractivity contribution in [1.82, 2.24) is 9.80 Å². The second-order valence-electron chi connectivity index (χ2n) is 6.82. The summed E-state index contributed by atoms with van der Waals surface area (Å²) in [4.78, 5) is 16.6. The van der Waals surface area contributed by atoms with E-state index in [1.807, 2.05) is 29.2 Å². The number of hydrogen-bond donors (Lipinski definition) is 2. The van der Waals surface area contributed by atoms with Gasteiger partial charge in [-0.1, -0.05) is 24.3 Å². The summed E-state index contributed by atoms with van der Waals surface area (Å²) in [7, 11) is 0. The van der Waals surface area contributed by atoms with Gasteiger partial charge in [0.2, 0.25) is 0 Å². The molecule has 2 heterocycles. The monoisotopic (exact) mass is 318 g/mol. The van der Waals surface area contributed by atoms with E-state index in [9.17, 15) is 9.90 Å². The van der Waals surface area contributed by atoms with Crippen LogP contribution in [-0.4, -0.2) is 57.7 Å². The second-order valence-corrected chi connectivity index (χ2v) is 6.82. The first-order valence-corrected chi connectivity index (χ1v) is 8.53. The van der Waals surface area contributed by atoms with Crippen molar-refractivity contribution < 1.29 is 15.0 Å². The van der Waals surface area contributed by atoms with Gasteiger partial charge in [-0.15, -0.1) is 0 Å². The molecule has 2 aliphatic rings. The van der Waals surface area contributed by atoms with Crippen molar-refractivity contribution in [3.05, 3.63) is 35.4 Å². The molecule has 1 aromatic rings. The van der Waals surface area contributed by atoms with Crippen molar-refractivity contribution in [3.63, 3.8) is 0 Å². The molecule has 2 saturated heterocycles. The highest BCUT2D eigenvalue weighted by Crippen LogP contribution is 2.26. The predicted octanol–water partition coefficient (Wildman–Crippen LogP) is 1.13. The lowest BCUT2D eigenvalue weighted by Crippen LogP contribution is -2.57. The molecule has 0 saturated carbocycles. The number of carbonyl (C=O) groups is 1. The van der Waals surface area contributed by atoms with Gasteiger partial charge in [0.05, 0.1) is 6.61 Å². The molecule has 1 aromatic carbocycles. The predicted molar refractivity (Wildman–Crippen MR) is 87.6 cm³/mol. The van der Waals surface area contributed by atoms with Crippen molar-refractivity contribution in [1.29, 1.82) is 0 Å². The SMILES string of the molecule is O=C(N1CCCC1)C1(O)CCCN(Cc2ccc(CO)cc2)C1. The highest BCUT2D eigenvalue weighted by Gasteiger charge is 2.43. The van der Waals surface area contributed by atoms with Crippen LogP contribution in [-0.2, 0) is 17.9 Å². The first kappa shape index (κ1) is 16.4. The lowest BCUT2D eigenvalue weighted by molar-refractivity contribution is -0.156. The molecule has 0 radical (unpaired) electrons. The third-order valence-corrected chi connectivity index (χ3v) is 4.95. The Balaban J connectivity index is 1.63. The zero-order valence-corrected chi connectivity index (χ0v) is 13.6. The molecule has 0 bridgehead atoms. The normalized spacial score (nSPS) is 25.7. The summed E-state index contributed by atoms with van der Waals surface area (Å²) < 4.78 is 0. The van der Waals surface area contributed by atoms with Gasteiger partial charge in [-0.25, -0.2) is 0 Å². The van der Waals surface area contributed by atoms with E-state index in [0.717, 1.165) is 56.6 Å². The van der Waals surface area contributed by atoms with Crippen molar-refractivity contribution >= 4 is 5.91 Å². The minimum Gasteiger partial charge on any atom is -0.392 e. The average molecular weight is 318 g/mol. The van der Waals surface area contributed by atoms with Crippen LogP contribution in [0.5, 0.6) is 0 Å². The number of aliphatic hydroxyl groups is 2. The fraction of sp³-hybridized carbons (Fsp3) is 0.611. The number of likely N-dealkylation sites (tertiary alicyclic amines) is 2. The topological polar surface area (TPSA) is 64.0 Å². The largest absolute Gasteiger partial charge is 0.392 e. The van der Waals surface area contributed by atoms with Gasteiger partial charge >= 0.3 is 0 Å². The molecule has 2 aliphatic heterocycles. The van der Waals surface area contributed by atoms with Crippen LogP contribution in [0.4, 0.5) is 0 Å². The van der Waals surface area contributed by atoms with E-state index < -0.39 is 5.60 Å². The number of hydrogen-bond acceptors (Lipinski definition) is 4. The van der Waals surface area contributed by atoms with Crippen molar-refractivity contribution in [2.24, 2.45) is 0 Å². The fourth-order valence-corrected chi connectivity index (χ4v) is 3.66. The van der Waals surface area contributed by atoms with Gasteiger partial charge in [-0.3, -0.25) is 9.69 Å². The molecule has 0 aromatic heterocycles. The van der Waals surface area contributed by atoms with Crippen LogP contribution in [0.15, 0.2) is 24.3 Å². The molecule has 2 N–H and O–H groups in total. The van der Waals surface area contributed by atoms with Crippen molar-refractivity contribution in [2.45, 2.75) is 44.4 Å². The Kier molecular flexibility index (Phi) is 4.99.